The van der Waals surface area contributed by atoms with Crippen molar-refractivity contribution in [3.63, 3.8) is 0 Å². The van der Waals surface area contributed by atoms with Crippen LogP contribution in [-0.2, 0) is 6.42 Å². The Hall–Kier alpha value is -3.70. The molecule has 11 heteroatoms. The van der Waals surface area contributed by atoms with Crippen molar-refractivity contribution in [1.82, 2.24) is 35.1 Å². The van der Waals surface area contributed by atoms with Gasteiger partial charge in [-0.1, -0.05) is 52.4 Å². The fourth-order valence-electron chi connectivity index (χ4n) is 3.84. The highest BCUT2D eigenvalue weighted by Crippen LogP contribution is 2.24. The molecule has 1 aliphatic rings. The molecule has 0 bridgehead atoms. The molecule has 1 aliphatic heterocycles. The monoisotopic (exact) mass is 490 g/mol. The summed E-state index contributed by atoms with van der Waals surface area (Å²) in [6.45, 7) is 5.94. The van der Waals surface area contributed by atoms with Crippen LogP contribution in [0.2, 0.25) is 0 Å². The van der Waals surface area contributed by atoms with Crippen molar-refractivity contribution < 1.29 is 9.32 Å². The lowest BCUT2D eigenvalue weighted by molar-refractivity contribution is 0.146. The second-order valence-electron chi connectivity index (χ2n) is 8.37. The number of carbonyl (C=O) groups excluding carboxylic acids is 1. The standard InChI is InChI=1S/C24H26N8O2S/c1-17-7-9-18(10-8-17)21-26-20(34-30-21)6-4-12-31-13-15-32(16-14-31)24(33)27-23-29-28-22(35-23)19-5-2-3-11-25-19/h2-3,5,7-11H,4,6,12-16H2,1H3,(H,27,29,33). The molecule has 5 rings (SSSR count). The van der Waals surface area contributed by atoms with Gasteiger partial charge in [-0.05, 0) is 32.0 Å². The highest BCUT2D eigenvalue weighted by atomic mass is 32.1. The predicted octanol–water partition coefficient (Wildman–Crippen LogP) is 3.74. The number of benzene rings is 1. The Bertz CT molecular complexity index is 1250. The number of anilines is 1. The normalized spacial score (nSPS) is 14.3. The van der Waals surface area contributed by atoms with E-state index >= 15 is 0 Å². The third kappa shape index (κ3) is 5.87. The number of carbonyl (C=O) groups is 1. The van der Waals surface area contributed by atoms with Gasteiger partial charge < -0.3 is 9.42 Å². The number of amides is 2. The molecule has 0 unspecified atom stereocenters. The summed E-state index contributed by atoms with van der Waals surface area (Å²) in [6, 6.07) is 13.5. The van der Waals surface area contributed by atoms with Gasteiger partial charge in [0.2, 0.25) is 16.8 Å². The maximum atomic E-state index is 12.6. The third-order valence-electron chi connectivity index (χ3n) is 5.83. The summed E-state index contributed by atoms with van der Waals surface area (Å²) in [4.78, 5) is 25.6. The minimum absolute atomic E-state index is 0.150. The smallest absolute Gasteiger partial charge is 0.323 e. The number of aromatic nitrogens is 5. The molecule has 4 aromatic rings. The SMILES string of the molecule is Cc1ccc(-c2noc(CCCN3CCN(C(=O)Nc4nnc(-c5ccccn5)s4)CC3)n2)cc1. The highest BCUT2D eigenvalue weighted by molar-refractivity contribution is 7.18. The second kappa shape index (κ2) is 10.7. The fourth-order valence-corrected chi connectivity index (χ4v) is 4.55. The zero-order valence-corrected chi connectivity index (χ0v) is 20.2. The molecule has 0 saturated carbocycles. The van der Waals surface area contributed by atoms with Crippen molar-refractivity contribution in [3.8, 4) is 22.1 Å². The molecule has 0 atom stereocenters. The summed E-state index contributed by atoms with van der Waals surface area (Å²) in [6.07, 6.45) is 3.36. The van der Waals surface area contributed by atoms with Crippen LogP contribution in [0, 0.1) is 6.92 Å². The van der Waals surface area contributed by atoms with E-state index in [1.165, 1.54) is 16.9 Å². The van der Waals surface area contributed by atoms with Gasteiger partial charge in [-0.2, -0.15) is 4.98 Å². The average Bonchev–Trinajstić information content (AvgIpc) is 3.56. The fraction of sp³-hybridized carbons (Fsp3) is 0.333. The number of aryl methyl sites for hydroxylation is 2. The van der Waals surface area contributed by atoms with Crippen molar-refractivity contribution in [2.24, 2.45) is 0 Å². The summed E-state index contributed by atoms with van der Waals surface area (Å²) >= 11 is 1.31. The van der Waals surface area contributed by atoms with E-state index in [-0.39, 0.29) is 6.03 Å². The lowest BCUT2D eigenvalue weighted by Gasteiger charge is -2.34. The maximum Gasteiger partial charge on any atom is 0.323 e. The van der Waals surface area contributed by atoms with E-state index in [2.05, 4.69) is 42.5 Å². The quantitative estimate of drug-likeness (QED) is 0.417. The summed E-state index contributed by atoms with van der Waals surface area (Å²) in [5.74, 6) is 1.28. The Morgan fingerprint density at radius 2 is 1.91 bits per heavy atom. The Morgan fingerprint density at radius 1 is 1.09 bits per heavy atom. The van der Waals surface area contributed by atoms with Crippen LogP contribution in [0.25, 0.3) is 22.1 Å². The summed E-state index contributed by atoms with van der Waals surface area (Å²) in [5.41, 5.74) is 2.90. The molecular weight excluding hydrogens is 464 g/mol. The Kier molecular flexibility index (Phi) is 7.05. The van der Waals surface area contributed by atoms with Gasteiger partial charge in [0.05, 0.1) is 0 Å². The zero-order valence-electron chi connectivity index (χ0n) is 19.4. The van der Waals surface area contributed by atoms with E-state index in [1.807, 2.05) is 47.4 Å². The number of nitrogens with one attached hydrogen (secondary N) is 1. The Balaban J connectivity index is 1.04. The molecule has 10 nitrogen and oxygen atoms in total. The molecule has 0 spiro atoms. The lowest BCUT2D eigenvalue weighted by Crippen LogP contribution is -2.50. The molecule has 1 N–H and O–H groups in total. The predicted molar refractivity (Wildman–Crippen MR) is 133 cm³/mol. The summed E-state index contributed by atoms with van der Waals surface area (Å²) in [5, 5.41) is 16.3. The largest absolute Gasteiger partial charge is 0.339 e. The van der Waals surface area contributed by atoms with Crippen LogP contribution in [0.4, 0.5) is 9.93 Å². The number of pyridine rings is 1. The van der Waals surface area contributed by atoms with E-state index in [0.29, 0.717) is 34.9 Å². The topological polar surface area (TPSA) is 113 Å². The molecule has 180 valence electrons. The van der Waals surface area contributed by atoms with Gasteiger partial charge >= 0.3 is 6.03 Å². The van der Waals surface area contributed by atoms with Gasteiger partial charge in [0, 0.05) is 44.4 Å². The van der Waals surface area contributed by atoms with E-state index in [9.17, 15) is 4.79 Å². The van der Waals surface area contributed by atoms with Gasteiger partial charge in [0.25, 0.3) is 0 Å². The van der Waals surface area contributed by atoms with Crippen LogP contribution in [0.15, 0.2) is 53.2 Å². The molecule has 0 radical (unpaired) electrons. The van der Waals surface area contributed by atoms with Crippen molar-refractivity contribution >= 4 is 22.5 Å². The number of hydrogen-bond donors (Lipinski definition) is 1. The van der Waals surface area contributed by atoms with Gasteiger partial charge in [0.1, 0.15) is 5.69 Å². The molecule has 1 saturated heterocycles. The van der Waals surface area contributed by atoms with Crippen molar-refractivity contribution in [3.05, 3.63) is 60.1 Å². The highest BCUT2D eigenvalue weighted by Gasteiger charge is 2.22. The molecule has 4 heterocycles. The molecule has 3 aromatic heterocycles. The van der Waals surface area contributed by atoms with Crippen molar-refractivity contribution in [2.75, 3.05) is 38.0 Å². The lowest BCUT2D eigenvalue weighted by atomic mass is 10.1. The van der Waals surface area contributed by atoms with E-state index in [1.54, 1.807) is 6.20 Å². The van der Waals surface area contributed by atoms with Crippen LogP contribution in [-0.4, -0.2) is 73.9 Å². The van der Waals surface area contributed by atoms with Gasteiger partial charge in [0.15, 0.2) is 5.01 Å². The van der Waals surface area contributed by atoms with Crippen LogP contribution in [0.3, 0.4) is 0 Å². The van der Waals surface area contributed by atoms with Gasteiger partial charge in [-0.25, -0.2) is 4.79 Å². The number of rotatable bonds is 7. The first-order valence-corrected chi connectivity index (χ1v) is 12.4. The molecular formula is C24H26N8O2S. The van der Waals surface area contributed by atoms with Crippen LogP contribution >= 0.6 is 11.3 Å². The number of piperazine rings is 1. The Labute approximate surface area is 207 Å². The number of urea groups is 1. The number of hydrogen-bond acceptors (Lipinski definition) is 9. The van der Waals surface area contributed by atoms with Crippen LogP contribution < -0.4 is 5.32 Å². The van der Waals surface area contributed by atoms with Gasteiger partial charge in [-0.3, -0.25) is 15.2 Å². The maximum absolute atomic E-state index is 12.6. The minimum Gasteiger partial charge on any atom is -0.339 e. The van der Waals surface area contributed by atoms with Crippen LogP contribution in [0.5, 0.6) is 0 Å². The molecule has 35 heavy (non-hydrogen) atoms. The van der Waals surface area contributed by atoms with Crippen molar-refractivity contribution in [1.29, 1.82) is 0 Å². The van der Waals surface area contributed by atoms with E-state index in [4.69, 9.17) is 4.52 Å². The first-order valence-electron chi connectivity index (χ1n) is 11.6. The van der Waals surface area contributed by atoms with Gasteiger partial charge in [-0.15, -0.1) is 10.2 Å². The van der Waals surface area contributed by atoms with Crippen molar-refractivity contribution in [2.45, 2.75) is 19.8 Å². The third-order valence-corrected chi connectivity index (χ3v) is 6.69. The summed E-state index contributed by atoms with van der Waals surface area (Å²) < 4.78 is 5.42. The Morgan fingerprint density at radius 3 is 2.69 bits per heavy atom. The minimum atomic E-state index is -0.150. The first-order chi connectivity index (χ1) is 17.1. The molecule has 2 amide bonds. The van der Waals surface area contributed by atoms with E-state index < -0.39 is 0 Å². The molecule has 0 aliphatic carbocycles. The second-order valence-corrected chi connectivity index (χ2v) is 9.35. The van der Waals surface area contributed by atoms with Crippen LogP contribution in [0.1, 0.15) is 17.9 Å². The zero-order chi connectivity index (χ0) is 24.0. The molecule has 1 aromatic carbocycles. The number of nitrogens with zero attached hydrogens (tertiary/aromatic N) is 7. The first kappa shape index (κ1) is 23.1. The molecule has 1 fully saturated rings. The average molecular weight is 491 g/mol. The summed E-state index contributed by atoms with van der Waals surface area (Å²) in [7, 11) is 0. The van der Waals surface area contributed by atoms with E-state index in [0.717, 1.165) is 43.7 Å².